The largest absolute Gasteiger partial charge is 0.349 e. The van der Waals surface area contributed by atoms with Gasteiger partial charge in [-0.15, -0.1) is 0 Å². The van der Waals surface area contributed by atoms with Crippen molar-refractivity contribution in [3.63, 3.8) is 0 Å². The minimum Gasteiger partial charge on any atom is -0.349 e. The molecule has 144 valence electrons. The summed E-state index contributed by atoms with van der Waals surface area (Å²) in [5.41, 5.74) is 1.47. The second-order valence-corrected chi connectivity index (χ2v) is 6.72. The fourth-order valence-corrected chi connectivity index (χ4v) is 3.26. The number of halogens is 1. The molecule has 0 radical (unpaired) electrons. The molecule has 1 aliphatic heterocycles. The predicted molar refractivity (Wildman–Crippen MR) is 100.0 cm³/mol. The van der Waals surface area contributed by atoms with Crippen LogP contribution in [0.4, 0.5) is 4.39 Å². The summed E-state index contributed by atoms with van der Waals surface area (Å²) in [7, 11) is 0. The molecular formula is C20H25FN4O2. The molecule has 0 saturated carbocycles. The number of fused-ring (bicyclic) bond motifs is 1. The molecule has 1 aromatic heterocycles. The third kappa shape index (κ3) is 4.35. The summed E-state index contributed by atoms with van der Waals surface area (Å²) in [6.07, 6.45) is 4.50. The summed E-state index contributed by atoms with van der Waals surface area (Å²) in [5, 5.41) is 5.59. The molecular weight excluding hydrogens is 347 g/mol. The molecule has 0 fully saturated rings. The Morgan fingerprint density at radius 1 is 1.19 bits per heavy atom. The molecule has 0 atom stereocenters. The molecule has 1 aliphatic rings. The quantitative estimate of drug-likeness (QED) is 0.734. The lowest BCUT2D eigenvalue weighted by Crippen LogP contribution is -2.28. The molecule has 0 unspecified atom stereocenters. The number of nitrogens with zero attached hydrogens (tertiary/aromatic N) is 2. The average molecular weight is 372 g/mol. The number of benzene rings is 1. The molecule has 27 heavy (non-hydrogen) atoms. The first kappa shape index (κ1) is 19.1. The molecule has 2 amide bonds. The molecule has 2 heterocycles. The van der Waals surface area contributed by atoms with Crippen LogP contribution in [0.2, 0.25) is 0 Å². The molecule has 0 spiro atoms. The lowest BCUT2D eigenvalue weighted by atomic mass is 10.1. The Morgan fingerprint density at radius 3 is 2.78 bits per heavy atom. The van der Waals surface area contributed by atoms with E-state index in [0.717, 1.165) is 31.4 Å². The lowest BCUT2D eigenvalue weighted by Gasteiger charge is -2.17. The van der Waals surface area contributed by atoms with Crippen molar-refractivity contribution in [2.75, 3.05) is 6.54 Å². The van der Waals surface area contributed by atoms with Crippen molar-refractivity contribution in [2.24, 2.45) is 0 Å². The van der Waals surface area contributed by atoms with Gasteiger partial charge in [0.05, 0.1) is 5.69 Å². The van der Waals surface area contributed by atoms with E-state index in [9.17, 15) is 14.0 Å². The molecule has 3 rings (SSSR count). The second-order valence-electron chi connectivity index (χ2n) is 6.72. The van der Waals surface area contributed by atoms with Crippen LogP contribution in [0.5, 0.6) is 0 Å². The third-order valence-electron chi connectivity index (χ3n) is 4.75. The Kier molecular flexibility index (Phi) is 6.21. The van der Waals surface area contributed by atoms with E-state index in [1.165, 1.54) is 6.07 Å². The maximum atomic E-state index is 13.7. The van der Waals surface area contributed by atoms with Gasteiger partial charge in [0.25, 0.3) is 11.8 Å². The Hall–Kier alpha value is -2.70. The van der Waals surface area contributed by atoms with E-state index >= 15 is 0 Å². The van der Waals surface area contributed by atoms with Crippen LogP contribution < -0.4 is 10.6 Å². The van der Waals surface area contributed by atoms with Gasteiger partial charge in [-0.25, -0.2) is 9.37 Å². The van der Waals surface area contributed by atoms with Gasteiger partial charge >= 0.3 is 0 Å². The van der Waals surface area contributed by atoms with Crippen molar-refractivity contribution in [3.05, 3.63) is 52.9 Å². The maximum absolute atomic E-state index is 13.7. The first-order chi connectivity index (χ1) is 13.1. The number of amides is 2. The number of carbonyl (C=O) groups excluding carboxylic acids is 2. The zero-order valence-electron chi connectivity index (χ0n) is 15.6. The monoisotopic (exact) mass is 372 g/mol. The lowest BCUT2D eigenvalue weighted by molar-refractivity contribution is 0.0937. The molecule has 1 aromatic carbocycles. The molecule has 0 bridgehead atoms. The minimum atomic E-state index is -0.378. The number of aromatic nitrogens is 2. The van der Waals surface area contributed by atoms with Crippen molar-refractivity contribution in [3.8, 4) is 0 Å². The van der Waals surface area contributed by atoms with Crippen LogP contribution in [0.25, 0.3) is 0 Å². The van der Waals surface area contributed by atoms with Crippen LogP contribution in [-0.2, 0) is 19.5 Å². The Morgan fingerprint density at radius 2 is 2.00 bits per heavy atom. The van der Waals surface area contributed by atoms with Crippen molar-refractivity contribution in [1.82, 2.24) is 20.2 Å². The summed E-state index contributed by atoms with van der Waals surface area (Å²) >= 11 is 0. The van der Waals surface area contributed by atoms with Crippen LogP contribution in [0, 0.1) is 5.82 Å². The molecule has 6 nitrogen and oxygen atoms in total. The van der Waals surface area contributed by atoms with Crippen LogP contribution in [-0.4, -0.2) is 27.9 Å². The summed E-state index contributed by atoms with van der Waals surface area (Å²) in [5.74, 6) is -0.700. The van der Waals surface area contributed by atoms with E-state index in [0.29, 0.717) is 25.1 Å². The van der Waals surface area contributed by atoms with Gasteiger partial charge in [-0.3, -0.25) is 9.59 Å². The van der Waals surface area contributed by atoms with Crippen LogP contribution in [0.15, 0.2) is 24.3 Å². The highest BCUT2D eigenvalue weighted by atomic mass is 19.1. The topological polar surface area (TPSA) is 76.0 Å². The maximum Gasteiger partial charge on any atom is 0.287 e. The third-order valence-corrected chi connectivity index (χ3v) is 4.75. The van der Waals surface area contributed by atoms with Crippen LogP contribution in [0.3, 0.4) is 0 Å². The highest BCUT2D eigenvalue weighted by Crippen LogP contribution is 2.21. The second kappa shape index (κ2) is 8.79. The van der Waals surface area contributed by atoms with E-state index in [4.69, 9.17) is 0 Å². The van der Waals surface area contributed by atoms with Crippen molar-refractivity contribution in [1.29, 1.82) is 0 Å². The van der Waals surface area contributed by atoms with Crippen molar-refractivity contribution >= 4 is 11.8 Å². The number of carbonyl (C=O) groups is 2. The summed E-state index contributed by atoms with van der Waals surface area (Å²) in [6.45, 7) is 3.41. The van der Waals surface area contributed by atoms with Crippen molar-refractivity contribution < 1.29 is 14.0 Å². The van der Waals surface area contributed by atoms with Crippen molar-refractivity contribution in [2.45, 2.75) is 52.1 Å². The highest BCUT2D eigenvalue weighted by molar-refractivity contribution is 5.97. The van der Waals surface area contributed by atoms with Crippen LogP contribution in [0.1, 0.15) is 65.0 Å². The van der Waals surface area contributed by atoms with E-state index < -0.39 is 0 Å². The van der Waals surface area contributed by atoms with E-state index in [1.54, 1.807) is 18.2 Å². The molecule has 0 aliphatic carbocycles. The van der Waals surface area contributed by atoms with Gasteiger partial charge in [0.1, 0.15) is 11.5 Å². The summed E-state index contributed by atoms with van der Waals surface area (Å²) in [6, 6.07) is 6.32. The first-order valence-electron chi connectivity index (χ1n) is 9.51. The Balaban J connectivity index is 1.77. The first-order valence-corrected chi connectivity index (χ1v) is 9.51. The van der Waals surface area contributed by atoms with Gasteiger partial charge in [-0.2, -0.15) is 0 Å². The number of rotatable bonds is 7. The predicted octanol–water partition coefficient (Wildman–Crippen LogP) is 2.82. The fourth-order valence-electron chi connectivity index (χ4n) is 3.26. The fraction of sp³-hybridized carbons (Fsp3) is 0.450. The zero-order chi connectivity index (χ0) is 19.2. The molecule has 0 saturated heterocycles. The SMILES string of the molecule is CCCCNC(=O)c1nc(C(=O)NCc2ccccc2F)c2n1CCCC2. The summed E-state index contributed by atoms with van der Waals surface area (Å²) < 4.78 is 15.6. The molecule has 2 N–H and O–H groups in total. The van der Waals surface area contributed by atoms with Crippen LogP contribution >= 0.6 is 0 Å². The van der Waals surface area contributed by atoms with Gasteiger partial charge < -0.3 is 15.2 Å². The van der Waals surface area contributed by atoms with E-state index in [-0.39, 0.29) is 35.7 Å². The normalized spacial score (nSPS) is 13.1. The number of hydrogen-bond donors (Lipinski definition) is 2. The molecule has 7 heteroatoms. The average Bonchev–Trinajstić information content (AvgIpc) is 3.07. The zero-order valence-corrected chi connectivity index (χ0v) is 15.6. The number of unbranched alkanes of at least 4 members (excludes halogenated alkanes) is 1. The van der Waals surface area contributed by atoms with Gasteiger partial charge in [0.2, 0.25) is 0 Å². The molecule has 2 aromatic rings. The number of imidazole rings is 1. The van der Waals surface area contributed by atoms with E-state index in [2.05, 4.69) is 22.5 Å². The van der Waals surface area contributed by atoms with E-state index in [1.807, 2.05) is 4.57 Å². The number of nitrogens with one attached hydrogen (secondary N) is 2. The van der Waals surface area contributed by atoms with Gasteiger partial charge in [-0.05, 0) is 31.7 Å². The van der Waals surface area contributed by atoms with Gasteiger partial charge in [-0.1, -0.05) is 31.5 Å². The standard InChI is InChI=1S/C20H25FN4O2/c1-2-3-11-22-20(27)18-24-17(16-10-6-7-12-25(16)18)19(26)23-13-14-8-4-5-9-15(14)21/h4-5,8-9H,2-3,6-7,10-13H2,1H3,(H,22,27)(H,23,26). The Bertz CT molecular complexity index is 831. The highest BCUT2D eigenvalue weighted by Gasteiger charge is 2.27. The number of hydrogen-bond acceptors (Lipinski definition) is 3. The summed E-state index contributed by atoms with van der Waals surface area (Å²) in [4.78, 5) is 29.5. The minimum absolute atomic E-state index is 0.0792. The van der Waals surface area contributed by atoms with Gasteiger partial charge in [0.15, 0.2) is 5.82 Å². The smallest absolute Gasteiger partial charge is 0.287 e. The Labute approximate surface area is 158 Å². The van der Waals surface area contributed by atoms with Gasteiger partial charge in [0, 0.05) is 25.2 Å².